The Balaban J connectivity index is 1.99. The molecular weight excluding hydrogens is 324 g/mol. The van der Waals surface area contributed by atoms with E-state index in [4.69, 9.17) is 5.11 Å². The zero-order valence-electron chi connectivity index (χ0n) is 11.0. The lowest BCUT2D eigenvalue weighted by atomic mass is 10.1. The summed E-state index contributed by atoms with van der Waals surface area (Å²) >= 11 is 3.40. The Kier molecular flexibility index (Phi) is 5.14. The molecule has 6 heteroatoms. The predicted molar refractivity (Wildman–Crippen MR) is 80.0 cm³/mol. The Morgan fingerprint density at radius 3 is 2.65 bits per heavy atom. The number of carbonyl (C=O) groups excluding carboxylic acids is 1. The highest BCUT2D eigenvalue weighted by atomic mass is 79.9. The zero-order chi connectivity index (χ0) is 14.5. The molecule has 1 aliphatic heterocycles. The molecule has 0 aliphatic carbocycles. The number of halogens is 1. The SMILES string of the molecule is O=C[C@H]1CN(c2ccc(Br)cc2)CCN1CCC(=O)O. The number of carboxylic acid groups (broad SMARTS) is 1. The van der Waals surface area contributed by atoms with Crippen molar-refractivity contribution in [3.05, 3.63) is 28.7 Å². The summed E-state index contributed by atoms with van der Waals surface area (Å²) in [5, 5.41) is 8.73. The summed E-state index contributed by atoms with van der Waals surface area (Å²) in [6.07, 6.45) is 0.982. The molecule has 2 rings (SSSR count). The van der Waals surface area contributed by atoms with Gasteiger partial charge >= 0.3 is 5.97 Å². The largest absolute Gasteiger partial charge is 0.481 e. The molecule has 0 unspecified atom stereocenters. The lowest BCUT2D eigenvalue weighted by Gasteiger charge is -2.40. The number of aldehydes is 1. The van der Waals surface area contributed by atoms with E-state index in [-0.39, 0.29) is 12.5 Å². The number of nitrogens with zero attached hydrogens (tertiary/aromatic N) is 2. The standard InChI is InChI=1S/C14H17BrN2O3/c15-11-1-3-12(4-2-11)17-8-7-16(6-5-14(19)20)13(9-17)10-18/h1-4,10,13H,5-9H2,(H,19,20)/t13-/m1/s1. The molecule has 1 fully saturated rings. The van der Waals surface area contributed by atoms with Crippen molar-refractivity contribution in [2.75, 3.05) is 31.1 Å². The fourth-order valence-corrected chi connectivity index (χ4v) is 2.64. The number of carbonyl (C=O) groups is 2. The average Bonchev–Trinajstić information content (AvgIpc) is 2.45. The van der Waals surface area contributed by atoms with Crippen LogP contribution in [-0.4, -0.2) is 54.5 Å². The minimum Gasteiger partial charge on any atom is -0.481 e. The molecule has 0 amide bonds. The van der Waals surface area contributed by atoms with Gasteiger partial charge in [0.1, 0.15) is 6.29 Å². The molecule has 5 nitrogen and oxygen atoms in total. The second-order valence-corrected chi connectivity index (χ2v) is 5.72. The molecule has 1 saturated heterocycles. The summed E-state index contributed by atoms with van der Waals surface area (Å²) in [4.78, 5) is 25.9. The van der Waals surface area contributed by atoms with Gasteiger partial charge < -0.3 is 14.8 Å². The Hall–Kier alpha value is -1.40. The highest BCUT2D eigenvalue weighted by Gasteiger charge is 2.26. The maximum atomic E-state index is 11.2. The Morgan fingerprint density at radius 1 is 1.35 bits per heavy atom. The van der Waals surface area contributed by atoms with E-state index in [0.717, 1.165) is 23.0 Å². The van der Waals surface area contributed by atoms with E-state index in [1.165, 1.54) is 0 Å². The van der Waals surface area contributed by atoms with Gasteiger partial charge in [-0.05, 0) is 24.3 Å². The van der Waals surface area contributed by atoms with Crippen LogP contribution in [0.1, 0.15) is 6.42 Å². The maximum Gasteiger partial charge on any atom is 0.304 e. The Labute approximate surface area is 126 Å². The van der Waals surface area contributed by atoms with Gasteiger partial charge in [-0.1, -0.05) is 15.9 Å². The average molecular weight is 341 g/mol. The van der Waals surface area contributed by atoms with E-state index in [0.29, 0.717) is 19.6 Å². The molecule has 1 atom stereocenters. The van der Waals surface area contributed by atoms with Crippen LogP contribution in [0.4, 0.5) is 5.69 Å². The quantitative estimate of drug-likeness (QED) is 0.825. The number of benzene rings is 1. The number of anilines is 1. The van der Waals surface area contributed by atoms with E-state index in [1.54, 1.807) is 0 Å². The van der Waals surface area contributed by atoms with Crippen LogP contribution in [0.3, 0.4) is 0 Å². The molecule has 1 aromatic carbocycles. The first-order chi connectivity index (χ1) is 9.60. The van der Waals surface area contributed by atoms with Gasteiger partial charge in [0.15, 0.2) is 0 Å². The third kappa shape index (κ3) is 3.80. The first kappa shape index (κ1) is 15.0. The van der Waals surface area contributed by atoms with Gasteiger partial charge in [0.05, 0.1) is 12.5 Å². The molecule has 20 heavy (non-hydrogen) atoms. The van der Waals surface area contributed by atoms with Crippen molar-refractivity contribution in [2.45, 2.75) is 12.5 Å². The third-order valence-corrected chi connectivity index (χ3v) is 4.02. The van der Waals surface area contributed by atoms with E-state index in [2.05, 4.69) is 20.8 Å². The van der Waals surface area contributed by atoms with E-state index in [1.807, 2.05) is 29.2 Å². The monoisotopic (exact) mass is 340 g/mol. The second kappa shape index (κ2) is 6.85. The molecule has 1 aromatic rings. The van der Waals surface area contributed by atoms with Gasteiger partial charge in [0.2, 0.25) is 0 Å². The van der Waals surface area contributed by atoms with Crippen LogP contribution in [0.25, 0.3) is 0 Å². The fraction of sp³-hybridized carbons (Fsp3) is 0.429. The number of hydrogen-bond donors (Lipinski definition) is 1. The Morgan fingerprint density at radius 2 is 2.05 bits per heavy atom. The topological polar surface area (TPSA) is 60.9 Å². The molecule has 1 aliphatic rings. The van der Waals surface area contributed by atoms with Crippen molar-refractivity contribution in [3.8, 4) is 0 Å². The van der Waals surface area contributed by atoms with Gasteiger partial charge in [-0.3, -0.25) is 9.69 Å². The van der Waals surface area contributed by atoms with Crippen LogP contribution in [0.2, 0.25) is 0 Å². The van der Waals surface area contributed by atoms with Crippen LogP contribution in [0.5, 0.6) is 0 Å². The van der Waals surface area contributed by atoms with Gasteiger partial charge in [-0.15, -0.1) is 0 Å². The fourth-order valence-electron chi connectivity index (χ4n) is 2.38. The van der Waals surface area contributed by atoms with Crippen LogP contribution in [0, 0.1) is 0 Å². The predicted octanol–water partition coefficient (Wildman–Crippen LogP) is 1.61. The molecule has 0 aromatic heterocycles. The van der Waals surface area contributed by atoms with Gasteiger partial charge in [-0.25, -0.2) is 0 Å². The molecular formula is C14H17BrN2O3. The summed E-state index contributed by atoms with van der Waals surface area (Å²) < 4.78 is 1.02. The van der Waals surface area contributed by atoms with Gasteiger partial charge in [0.25, 0.3) is 0 Å². The summed E-state index contributed by atoms with van der Waals surface area (Å²) in [6, 6.07) is 7.73. The first-order valence-corrected chi connectivity index (χ1v) is 7.31. The van der Waals surface area contributed by atoms with Crippen LogP contribution < -0.4 is 4.90 Å². The van der Waals surface area contributed by atoms with Gasteiger partial charge in [0, 0.05) is 36.3 Å². The van der Waals surface area contributed by atoms with Crippen molar-refractivity contribution in [1.29, 1.82) is 0 Å². The normalized spacial score (nSPS) is 19.9. The molecule has 1 N–H and O–H groups in total. The number of hydrogen-bond acceptors (Lipinski definition) is 4. The molecule has 108 valence electrons. The van der Waals surface area contributed by atoms with Crippen LogP contribution in [-0.2, 0) is 9.59 Å². The number of aliphatic carboxylic acids is 1. The number of carboxylic acids is 1. The third-order valence-electron chi connectivity index (χ3n) is 3.50. The van der Waals surface area contributed by atoms with E-state index in [9.17, 15) is 9.59 Å². The van der Waals surface area contributed by atoms with Crippen molar-refractivity contribution in [3.63, 3.8) is 0 Å². The van der Waals surface area contributed by atoms with Crippen LogP contribution in [0.15, 0.2) is 28.7 Å². The lowest BCUT2D eigenvalue weighted by Crippen LogP contribution is -2.54. The molecule has 0 bridgehead atoms. The summed E-state index contributed by atoms with van der Waals surface area (Å²) in [5.74, 6) is -0.829. The summed E-state index contributed by atoms with van der Waals surface area (Å²) in [7, 11) is 0. The maximum absolute atomic E-state index is 11.2. The van der Waals surface area contributed by atoms with Crippen molar-refractivity contribution in [2.24, 2.45) is 0 Å². The highest BCUT2D eigenvalue weighted by Crippen LogP contribution is 2.21. The smallest absolute Gasteiger partial charge is 0.304 e. The van der Waals surface area contributed by atoms with E-state index >= 15 is 0 Å². The van der Waals surface area contributed by atoms with Gasteiger partial charge in [-0.2, -0.15) is 0 Å². The number of piperazine rings is 1. The molecule has 0 spiro atoms. The zero-order valence-corrected chi connectivity index (χ0v) is 12.6. The van der Waals surface area contributed by atoms with Crippen LogP contribution >= 0.6 is 15.9 Å². The van der Waals surface area contributed by atoms with Crippen molar-refractivity contribution < 1.29 is 14.7 Å². The first-order valence-electron chi connectivity index (χ1n) is 6.52. The van der Waals surface area contributed by atoms with Crippen molar-refractivity contribution >= 4 is 33.9 Å². The summed E-state index contributed by atoms with van der Waals surface area (Å²) in [6.45, 7) is 2.52. The van der Waals surface area contributed by atoms with E-state index < -0.39 is 5.97 Å². The van der Waals surface area contributed by atoms with Crippen molar-refractivity contribution in [1.82, 2.24) is 4.90 Å². The number of rotatable bonds is 5. The molecule has 0 saturated carbocycles. The Bertz CT molecular complexity index is 478. The molecule has 0 radical (unpaired) electrons. The lowest BCUT2D eigenvalue weighted by molar-refractivity contribution is -0.137. The highest BCUT2D eigenvalue weighted by molar-refractivity contribution is 9.10. The minimum absolute atomic E-state index is 0.0720. The molecule has 1 heterocycles. The summed E-state index contributed by atoms with van der Waals surface area (Å²) in [5.41, 5.74) is 1.08. The second-order valence-electron chi connectivity index (χ2n) is 4.81. The minimum atomic E-state index is -0.829.